The third-order valence-electron chi connectivity index (χ3n) is 5.59. The Hall–Kier alpha value is 0.234. The molecule has 5 nitrogen and oxygen atoms in total. The van der Waals surface area contributed by atoms with Crippen LogP contribution in [0.3, 0.4) is 0 Å². The van der Waals surface area contributed by atoms with Gasteiger partial charge in [-0.15, -0.1) is 0 Å². The highest BCUT2D eigenvalue weighted by Gasteiger charge is 2.19. The third-order valence-corrected chi connectivity index (χ3v) is 10.9. The predicted molar refractivity (Wildman–Crippen MR) is 130 cm³/mol. The monoisotopic (exact) mass is 449 g/mol. The Labute approximate surface area is 183 Å². The summed E-state index contributed by atoms with van der Waals surface area (Å²) in [5.74, 6) is 0. The number of rotatable bonds is 22. The van der Waals surface area contributed by atoms with Gasteiger partial charge in [0.2, 0.25) is 0 Å². The van der Waals surface area contributed by atoms with Crippen LogP contribution in [-0.2, 0) is 18.3 Å². The van der Waals surface area contributed by atoms with Gasteiger partial charge in [0, 0.05) is 40.5 Å². The van der Waals surface area contributed by atoms with Crippen LogP contribution in [0.15, 0.2) is 0 Å². The van der Waals surface area contributed by atoms with E-state index >= 15 is 0 Å². The minimum absolute atomic E-state index is 0.796. The molecule has 0 unspecified atom stereocenters. The smallest absolute Gasteiger partial charge is 0.186 e. The summed E-state index contributed by atoms with van der Waals surface area (Å²) in [5.41, 5.74) is 0. The molecular weight excluding hydrogens is 398 g/mol. The number of hydrogen-bond acceptors (Lipinski definition) is 5. The molecule has 0 saturated heterocycles. The predicted octanol–water partition coefficient (Wildman–Crippen LogP) is 5.43. The van der Waals surface area contributed by atoms with Gasteiger partial charge in [-0.2, -0.15) is 0 Å². The fraction of sp³-hybridized carbons (Fsp3) is 1.00. The fourth-order valence-electron chi connectivity index (χ4n) is 3.04. The second kappa shape index (κ2) is 19.0. The van der Waals surface area contributed by atoms with Crippen molar-refractivity contribution in [1.29, 1.82) is 0 Å². The molecule has 0 spiro atoms. The van der Waals surface area contributed by atoms with E-state index in [1.54, 1.807) is 0 Å². The van der Waals surface area contributed by atoms with E-state index in [-0.39, 0.29) is 0 Å². The van der Waals surface area contributed by atoms with Crippen LogP contribution in [0.5, 0.6) is 0 Å². The van der Waals surface area contributed by atoms with Crippen molar-refractivity contribution in [3.8, 4) is 0 Å². The molecule has 0 heterocycles. The highest BCUT2D eigenvalue weighted by atomic mass is 28.4. The lowest BCUT2D eigenvalue weighted by Gasteiger charge is -2.19. The van der Waals surface area contributed by atoms with E-state index in [0.717, 1.165) is 39.5 Å². The molecule has 0 aromatic rings. The maximum atomic E-state index is 5.69. The molecular formula is C22H51NO4Si2. The molecule has 0 aliphatic heterocycles. The van der Waals surface area contributed by atoms with Crippen molar-refractivity contribution in [3.05, 3.63) is 0 Å². The van der Waals surface area contributed by atoms with Crippen LogP contribution >= 0.6 is 0 Å². The molecule has 29 heavy (non-hydrogen) atoms. The van der Waals surface area contributed by atoms with Gasteiger partial charge in [0.15, 0.2) is 16.6 Å². The summed E-state index contributed by atoms with van der Waals surface area (Å²) in [4.78, 5) is 0. The van der Waals surface area contributed by atoms with Crippen LogP contribution in [0.1, 0.15) is 51.4 Å². The van der Waals surface area contributed by atoms with Crippen LogP contribution in [0.2, 0.25) is 38.3 Å². The first kappa shape index (κ1) is 29.2. The summed E-state index contributed by atoms with van der Waals surface area (Å²) in [5, 5.41) is 3.39. The number of nitrogens with one attached hydrogen (secondary N) is 1. The summed E-state index contributed by atoms with van der Waals surface area (Å²) in [6, 6.07) is 2.54. The molecule has 0 aliphatic rings. The average molecular weight is 450 g/mol. The molecule has 0 aromatic heterocycles. The van der Waals surface area contributed by atoms with Crippen molar-refractivity contribution < 1.29 is 18.3 Å². The zero-order valence-corrected chi connectivity index (χ0v) is 22.4. The van der Waals surface area contributed by atoms with Crippen LogP contribution in [0.25, 0.3) is 0 Å². The number of unbranched alkanes of at least 4 members (excludes halogenated alkanes) is 6. The Bertz CT molecular complexity index is 326. The Balaban J connectivity index is 3.14. The summed E-state index contributed by atoms with van der Waals surface area (Å²) >= 11 is 0. The molecule has 1 N–H and O–H groups in total. The van der Waals surface area contributed by atoms with Gasteiger partial charge in [0.25, 0.3) is 0 Å². The Morgan fingerprint density at radius 2 is 0.897 bits per heavy atom. The van der Waals surface area contributed by atoms with E-state index in [0.29, 0.717) is 0 Å². The van der Waals surface area contributed by atoms with Crippen LogP contribution < -0.4 is 5.32 Å². The maximum absolute atomic E-state index is 5.69. The van der Waals surface area contributed by atoms with E-state index in [1.807, 2.05) is 14.2 Å². The maximum Gasteiger partial charge on any atom is 0.186 e. The van der Waals surface area contributed by atoms with Crippen LogP contribution in [-0.4, -0.2) is 70.4 Å². The number of hydrogen-bond donors (Lipinski definition) is 1. The lowest BCUT2D eigenvalue weighted by Crippen LogP contribution is -2.27. The lowest BCUT2D eigenvalue weighted by atomic mass is 10.2. The molecule has 0 rings (SSSR count). The van der Waals surface area contributed by atoms with Gasteiger partial charge in [0.1, 0.15) is 0 Å². The first-order valence-corrected chi connectivity index (χ1v) is 18.0. The quantitative estimate of drug-likeness (QED) is 0.176. The fourth-order valence-corrected chi connectivity index (χ4v) is 5.65. The van der Waals surface area contributed by atoms with Gasteiger partial charge < -0.3 is 23.6 Å². The second-order valence-corrected chi connectivity index (χ2v) is 18.1. The Morgan fingerprint density at radius 3 is 1.28 bits per heavy atom. The first-order valence-electron chi connectivity index (χ1n) is 11.8. The van der Waals surface area contributed by atoms with Crippen LogP contribution in [0, 0.1) is 0 Å². The average Bonchev–Trinajstić information content (AvgIpc) is 2.69. The molecule has 0 amide bonds. The zero-order chi connectivity index (χ0) is 21.8. The summed E-state index contributed by atoms with van der Waals surface area (Å²) in [6.07, 6.45) is 10.1. The SMILES string of the molecule is CO[Si](C)(C)CCCCCCOCCNCCOCCCCCC[Si](C)(C)OC. The van der Waals surface area contributed by atoms with Crippen molar-refractivity contribution in [2.24, 2.45) is 0 Å². The van der Waals surface area contributed by atoms with Gasteiger partial charge in [-0.1, -0.05) is 38.5 Å². The topological polar surface area (TPSA) is 49.0 Å². The van der Waals surface area contributed by atoms with Crippen molar-refractivity contribution in [2.45, 2.75) is 89.6 Å². The van der Waals surface area contributed by atoms with Gasteiger partial charge in [-0.3, -0.25) is 0 Å². The minimum atomic E-state index is -1.35. The largest absolute Gasteiger partial charge is 0.420 e. The van der Waals surface area contributed by atoms with Crippen LogP contribution in [0.4, 0.5) is 0 Å². The van der Waals surface area contributed by atoms with Gasteiger partial charge in [-0.05, 0) is 51.1 Å². The zero-order valence-electron chi connectivity index (χ0n) is 20.4. The van der Waals surface area contributed by atoms with Gasteiger partial charge >= 0.3 is 0 Å². The van der Waals surface area contributed by atoms with Gasteiger partial charge in [0.05, 0.1) is 13.2 Å². The molecule has 176 valence electrons. The van der Waals surface area contributed by atoms with Crippen molar-refractivity contribution >= 4 is 16.6 Å². The van der Waals surface area contributed by atoms with E-state index < -0.39 is 16.6 Å². The lowest BCUT2D eigenvalue weighted by molar-refractivity contribution is 0.117. The molecule has 0 aromatic carbocycles. The molecule has 0 aliphatic carbocycles. The number of ether oxygens (including phenoxy) is 2. The first-order chi connectivity index (χ1) is 13.8. The molecule has 0 bridgehead atoms. The summed E-state index contributed by atoms with van der Waals surface area (Å²) in [6.45, 7) is 14.4. The highest BCUT2D eigenvalue weighted by molar-refractivity contribution is 6.71. The summed E-state index contributed by atoms with van der Waals surface area (Å²) < 4.78 is 22.5. The summed E-state index contributed by atoms with van der Waals surface area (Å²) in [7, 11) is 1.01. The van der Waals surface area contributed by atoms with Gasteiger partial charge in [-0.25, -0.2) is 0 Å². The Kier molecular flexibility index (Phi) is 19.1. The normalized spacial score (nSPS) is 12.6. The Morgan fingerprint density at radius 1 is 0.517 bits per heavy atom. The third kappa shape index (κ3) is 21.3. The van der Waals surface area contributed by atoms with E-state index in [9.17, 15) is 0 Å². The highest BCUT2D eigenvalue weighted by Crippen LogP contribution is 2.16. The standard InChI is InChI=1S/C22H51NO4Si2/c1-24-28(3,4)21-13-9-7-11-17-26-19-15-23-16-20-27-18-12-8-10-14-22-29(5,6)25-2/h23H,7-22H2,1-6H3. The van der Waals surface area contributed by atoms with Crippen molar-refractivity contribution in [2.75, 3.05) is 53.7 Å². The second-order valence-electron chi connectivity index (χ2n) is 9.23. The molecule has 0 atom stereocenters. The van der Waals surface area contributed by atoms with E-state index in [1.165, 1.54) is 63.5 Å². The van der Waals surface area contributed by atoms with E-state index in [4.69, 9.17) is 18.3 Å². The minimum Gasteiger partial charge on any atom is -0.420 e. The van der Waals surface area contributed by atoms with Crippen molar-refractivity contribution in [3.63, 3.8) is 0 Å². The van der Waals surface area contributed by atoms with Crippen molar-refractivity contribution in [1.82, 2.24) is 5.32 Å². The van der Waals surface area contributed by atoms with E-state index in [2.05, 4.69) is 31.5 Å². The molecule has 0 fully saturated rings. The molecule has 0 saturated carbocycles. The molecule has 7 heteroatoms. The molecule has 0 radical (unpaired) electrons.